The number of benzene rings is 1. The smallest absolute Gasteiger partial charge is 0.239 e. The van der Waals surface area contributed by atoms with Gasteiger partial charge in [0.2, 0.25) is 5.91 Å². The van der Waals surface area contributed by atoms with E-state index >= 15 is 0 Å². The Balaban J connectivity index is 3.18. The Morgan fingerprint density at radius 2 is 2.21 bits per heavy atom. The Hall–Kier alpha value is -1.14. The van der Waals surface area contributed by atoms with Crippen molar-refractivity contribution in [2.45, 2.75) is 13.3 Å². The second-order valence-electron chi connectivity index (χ2n) is 4.09. The van der Waals surface area contributed by atoms with Gasteiger partial charge in [0.25, 0.3) is 0 Å². The summed E-state index contributed by atoms with van der Waals surface area (Å²) < 4.78 is 0.843. The van der Waals surface area contributed by atoms with E-state index in [1.807, 2.05) is 23.1 Å². The van der Waals surface area contributed by atoms with Crippen LogP contribution in [-0.2, 0) is 4.79 Å². The molecule has 0 atom stereocenters. The Morgan fingerprint density at radius 3 is 2.74 bits per heavy atom. The highest BCUT2D eigenvalue weighted by Crippen LogP contribution is 2.28. The fourth-order valence-corrected chi connectivity index (χ4v) is 2.74. The van der Waals surface area contributed by atoms with Crippen molar-refractivity contribution in [3.63, 3.8) is 0 Å². The summed E-state index contributed by atoms with van der Waals surface area (Å²) in [5.41, 5.74) is 7.44. The summed E-state index contributed by atoms with van der Waals surface area (Å²) in [5, 5.41) is 2.63. The van der Waals surface area contributed by atoms with E-state index < -0.39 is 0 Å². The molecular formula is C13H18BrN3OS. The first kappa shape index (κ1) is 15.9. The molecule has 0 aliphatic heterocycles. The zero-order valence-corrected chi connectivity index (χ0v) is 13.5. The number of likely N-dealkylation sites (N-methyl/N-ethyl adjacent to an activating group) is 1. The van der Waals surface area contributed by atoms with E-state index in [-0.39, 0.29) is 12.5 Å². The molecule has 0 aliphatic carbocycles. The molecule has 0 fully saturated rings. The Bertz CT molecular complexity index is 479. The minimum absolute atomic E-state index is 0.0395. The first-order valence-electron chi connectivity index (χ1n) is 6.05. The van der Waals surface area contributed by atoms with E-state index in [2.05, 4.69) is 28.2 Å². The molecule has 0 heterocycles. The zero-order valence-electron chi connectivity index (χ0n) is 11.1. The van der Waals surface area contributed by atoms with Gasteiger partial charge in [-0.3, -0.25) is 4.79 Å². The average Bonchev–Trinajstić information content (AvgIpc) is 2.37. The lowest BCUT2D eigenvalue weighted by Crippen LogP contribution is -2.37. The molecule has 4 nitrogen and oxygen atoms in total. The molecule has 3 N–H and O–H groups in total. The largest absolute Gasteiger partial charge is 0.389 e. The fraction of sp³-hybridized carbons (Fsp3) is 0.385. The number of thiocarbonyl (C=S) groups is 1. The van der Waals surface area contributed by atoms with Crippen molar-refractivity contribution in [1.29, 1.82) is 0 Å². The highest BCUT2D eigenvalue weighted by Gasteiger charge is 2.17. The highest BCUT2D eigenvalue weighted by molar-refractivity contribution is 9.10. The van der Waals surface area contributed by atoms with Gasteiger partial charge in [-0.25, -0.2) is 0 Å². The molecule has 0 aromatic heterocycles. The second kappa shape index (κ2) is 7.45. The number of hydrogen-bond acceptors (Lipinski definition) is 3. The van der Waals surface area contributed by atoms with Gasteiger partial charge in [-0.05, 0) is 34.5 Å². The number of amides is 1. The van der Waals surface area contributed by atoms with Gasteiger partial charge in [-0.15, -0.1) is 0 Å². The van der Waals surface area contributed by atoms with E-state index in [1.165, 1.54) is 0 Å². The molecule has 1 rings (SSSR count). The molecule has 1 aromatic carbocycles. The maximum Gasteiger partial charge on any atom is 0.239 e. The summed E-state index contributed by atoms with van der Waals surface area (Å²) in [6.07, 6.45) is 0.931. The van der Waals surface area contributed by atoms with Crippen LogP contribution in [0.3, 0.4) is 0 Å². The maximum absolute atomic E-state index is 11.6. The molecule has 1 aromatic rings. The van der Waals surface area contributed by atoms with E-state index in [9.17, 15) is 4.79 Å². The van der Waals surface area contributed by atoms with Crippen molar-refractivity contribution in [3.8, 4) is 0 Å². The first-order valence-corrected chi connectivity index (χ1v) is 7.25. The highest BCUT2D eigenvalue weighted by atomic mass is 79.9. The van der Waals surface area contributed by atoms with Crippen LogP contribution in [-0.4, -0.2) is 31.0 Å². The summed E-state index contributed by atoms with van der Waals surface area (Å²) in [6, 6.07) is 5.73. The molecule has 0 saturated carbocycles. The van der Waals surface area contributed by atoms with Crippen LogP contribution in [0.2, 0.25) is 0 Å². The summed E-state index contributed by atoms with van der Waals surface area (Å²) in [7, 11) is 1.63. The van der Waals surface area contributed by atoms with E-state index in [0.717, 1.165) is 28.7 Å². The lowest BCUT2D eigenvalue weighted by atomic mass is 10.1. The first-order chi connectivity index (χ1) is 9.01. The second-order valence-corrected chi connectivity index (χ2v) is 5.39. The number of carbonyl (C=O) groups excluding carboxylic acids is 1. The topological polar surface area (TPSA) is 58.4 Å². The predicted molar refractivity (Wildman–Crippen MR) is 86.6 cm³/mol. The Morgan fingerprint density at radius 1 is 1.53 bits per heavy atom. The van der Waals surface area contributed by atoms with Crippen LogP contribution in [0.5, 0.6) is 0 Å². The fourth-order valence-electron chi connectivity index (χ4n) is 1.83. The molecule has 0 aliphatic rings. The molecule has 0 saturated heterocycles. The number of nitrogens with two attached hydrogens (primary N) is 1. The quantitative estimate of drug-likeness (QED) is 0.776. The zero-order chi connectivity index (χ0) is 14.4. The van der Waals surface area contributed by atoms with Crippen LogP contribution >= 0.6 is 28.1 Å². The molecular weight excluding hydrogens is 326 g/mol. The van der Waals surface area contributed by atoms with Crippen LogP contribution in [0.15, 0.2) is 22.7 Å². The molecule has 0 spiro atoms. The number of anilines is 1. The van der Waals surface area contributed by atoms with Crippen molar-refractivity contribution in [2.24, 2.45) is 5.73 Å². The van der Waals surface area contributed by atoms with Gasteiger partial charge in [0.05, 0.1) is 6.54 Å². The van der Waals surface area contributed by atoms with Gasteiger partial charge in [-0.2, -0.15) is 0 Å². The Labute approximate surface area is 127 Å². The number of nitrogens with one attached hydrogen (secondary N) is 1. The minimum atomic E-state index is -0.0395. The summed E-state index contributed by atoms with van der Waals surface area (Å²) in [5.74, 6) is -0.0395. The van der Waals surface area contributed by atoms with Gasteiger partial charge >= 0.3 is 0 Å². The SMILES string of the molecule is CCCN(CC(=O)NC)c1cccc(Br)c1C(N)=S. The normalized spacial score (nSPS) is 10.1. The van der Waals surface area contributed by atoms with Crippen LogP contribution in [0.1, 0.15) is 18.9 Å². The van der Waals surface area contributed by atoms with Crippen molar-refractivity contribution in [1.82, 2.24) is 5.32 Å². The monoisotopic (exact) mass is 343 g/mol. The third-order valence-corrected chi connectivity index (χ3v) is 3.55. The number of nitrogens with zero attached hydrogens (tertiary/aromatic N) is 1. The number of rotatable bonds is 6. The number of hydrogen-bond donors (Lipinski definition) is 2. The standard InChI is InChI=1S/C13H18BrN3OS/c1-3-7-17(8-11(18)16-2)10-6-4-5-9(14)12(10)13(15)19/h4-6H,3,7-8H2,1-2H3,(H2,15,19)(H,16,18). The van der Waals surface area contributed by atoms with E-state index in [1.54, 1.807) is 7.05 Å². The van der Waals surface area contributed by atoms with E-state index in [4.69, 9.17) is 18.0 Å². The van der Waals surface area contributed by atoms with E-state index in [0.29, 0.717) is 4.99 Å². The molecule has 6 heteroatoms. The molecule has 104 valence electrons. The summed E-state index contributed by atoms with van der Waals surface area (Å²) >= 11 is 8.56. The van der Waals surface area contributed by atoms with Crippen molar-refractivity contribution in [2.75, 3.05) is 25.0 Å². The lowest BCUT2D eigenvalue weighted by Gasteiger charge is -2.26. The Kier molecular flexibility index (Phi) is 6.24. The molecule has 0 radical (unpaired) electrons. The number of halogens is 1. The maximum atomic E-state index is 11.6. The van der Waals surface area contributed by atoms with Crippen molar-refractivity contribution in [3.05, 3.63) is 28.2 Å². The van der Waals surface area contributed by atoms with Crippen LogP contribution in [0.25, 0.3) is 0 Å². The minimum Gasteiger partial charge on any atom is -0.389 e. The van der Waals surface area contributed by atoms with Gasteiger partial charge in [0.15, 0.2) is 0 Å². The average molecular weight is 344 g/mol. The van der Waals surface area contributed by atoms with Gasteiger partial charge in [-0.1, -0.05) is 25.2 Å². The number of carbonyl (C=O) groups is 1. The summed E-state index contributed by atoms with van der Waals surface area (Å²) in [6.45, 7) is 3.12. The molecule has 19 heavy (non-hydrogen) atoms. The van der Waals surface area contributed by atoms with Gasteiger partial charge in [0, 0.05) is 29.3 Å². The predicted octanol–water partition coefficient (Wildman–Crippen LogP) is 2.05. The van der Waals surface area contributed by atoms with Crippen LogP contribution in [0.4, 0.5) is 5.69 Å². The van der Waals surface area contributed by atoms with Gasteiger partial charge in [0.1, 0.15) is 4.99 Å². The molecule has 0 unspecified atom stereocenters. The van der Waals surface area contributed by atoms with Crippen LogP contribution in [0, 0.1) is 0 Å². The lowest BCUT2D eigenvalue weighted by molar-refractivity contribution is -0.119. The third-order valence-electron chi connectivity index (χ3n) is 2.69. The van der Waals surface area contributed by atoms with Crippen molar-refractivity contribution >= 4 is 44.7 Å². The van der Waals surface area contributed by atoms with Crippen LogP contribution < -0.4 is 16.0 Å². The third kappa shape index (κ3) is 4.18. The molecule has 0 bridgehead atoms. The molecule has 1 amide bonds. The van der Waals surface area contributed by atoms with Gasteiger partial charge < -0.3 is 16.0 Å². The summed E-state index contributed by atoms with van der Waals surface area (Å²) in [4.78, 5) is 13.9. The van der Waals surface area contributed by atoms with Crippen molar-refractivity contribution < 1.29 is 4.79 Å².